The maximum absolute atomic E-state index is 12.2. The van der Waals surface area contributed by atoms with Gasteiger partial charge in [0.15, 0.2) is 0 Å². The van der Waals surface area contributed by atoms with Crippen molar-refractivity contribution in [1.29, 1.82) is 0 Å². The molecule has 0 bridgehead atoms. The fourth-order valence-electron chi connectivity index (χ4n) is 3.26. The number of anilines is 2. The lowest BCUT2D eigenvalue weighted by molar-refractivity contribution is 0.247. The summed E-state index contributed by atoms with van der Waals surface area (Å²) in [4.78, 5) is 18.9. The molecular weight excluding hydrogens is 364 g/mol. The molecule has 0 spiro atoms. The number of nitrogens with one attached hydrogen (secondary N) is 2. The molecule has 0 fully saturated rings. The van der Waals surface area contributed by atoms with Crippen molar-refractivity contribution in [2.45, 2.75) is 20.8 Å². The number of para-hydroxylation sites is 1. The molecule has 0 saturated carbocycles. The minimum Gasteiger partial charge on any atom is -0.489 e. The van der Waals surface area contributed by atoms with Gasteiger partial charge in [0.05, 0.1) is 6.54 Å². The molecule has 0 radical (unpaired) electrons. The minimum absolute atomic E-state index is 0.247. The van der Waals surface area contributed by atoms with Crippen LogP contribution in [0.1, 0.15) is 19.4 Å². The molecular formula is C23H28N4O2. The van der Waals surface area contributed by atoms with Gasteiger partial charge in [-0.05, 0) is 56.7 Å². The molecule has 2 aromatic carbocycles. The molecule has 3 aromatic rings. The Labute approximate surface area is 171 Å². The Morgan fingerprint density at radius 3 is 2.66 bits per heavy atom. The molecule has 0 aliphatic rings. The molecule has 1 aromatic heterocycles. The quantitative estimate of drug-likeness (QED) is 0.550. The van der Waals surface area contributed by atoms with E-state index in [1.165, 1.54) is 0 Å². The first-order valence-electron chi connectivity index (χ1n) is 9.99. The number of ether oxygens (including phenoxy) is 1. The number of nitrogens with zero attached hydrogens (tertiary/aromatic N) is 2. The summed E-state index contributed by atoms with van der Waals surface area (Å²) >= 11 is 0. The van der Waals surface area contributed by atoms with E-state index in [4.69, 9.17) is 4.74 Å². The number of carbonyl (C=O) groups excluding carboxylic acids is 1. The van der Waals surface area contributed by atoms with Crippen LogP contribution in [0.3, 0.4) is 0 Å². The number of aryl methyl sites for hydroxylation is 1. The molecule has 3 rings (SSSR count). The maximum Gasteiger partial charge on any atom is 0.319 e. The van der Waals surface area contributed by atoms with Crippen LogP contribution in [-0.2, 0) is 0 Å². The molecule has 6 nitrogen and oxygen atoms in total. The number of carbonyl (C=O) groups is 1. The highest BCUT2D eigenvalue weighted by Gasteiger charge is 2.08. The Morgan fingerprint density at radius 2 is 1.90 bits per heavy atom. The molecule has 1 heterocycles. The van der Waals surface area contributed by atoms with Gasteiger partial charge in [0.2, 0.25) is 0 Å². The van der Waals surface area contributed by atoms with E-state index in [-0.39, 0.29) is 6.03 Å². The third kappa shape index (κ3) is 5.16. The lowest BCUT2D eigenvalue weighted by atomic mass is 10.1. The average Bonchev–Trinajstić information content (AvgIpc) is 2.74. The van der Waals surface area contributed by atoms with Crippen molar-refractivity contribution in [2.24, 2.45) is 0 Å². The lowest BCUT2D eigenvalue weighted by Gasteiger charge is -2.22. The van der Waals surface area contributed by atoms with E-state index in [0.29, 0.717) is 18.9 Å². The molecule has 0 unspecified atom stereocenters. The predicted octanol–water partition coefficient (Wildman–Crippen LogP) is 4.59. The van der Waals surface area contributed by atoms with Crippen molar-refractivity contribution in [3.05, 3.63) is 60.3 Å². The van der Waals surface area contributed by atoms with Gasteiger partial charge in [0.1, 0.15) is 17.9 Å². The Kier molecular flexibility index (Phi) is 6.89. The zero-order valence-corrected chi connectivity index (χ0v) is 17.2. The standard InChI is InChI=1S/C23H28N4O2/c1-4-27(5-2)19-11-12-20(17(3)16-19)26-23(28)25-14-15-29-21-10-6-8-18-9-7-13-24-22(18)21/h6-13,16H,4-5,14-15H2,1-3H3,(H2,25,26,28). The lowest BCUT2D eigenvalue weighted by Crippen LogP contribution is -2.32. The van der Waals surface area contributed by atoms with Crippen molar-refractivity contribution in [3.8, 4) is 5.75 Å². The number of benzene rings is 2. The number of aromatic nitrogens is 1. The van der Waals surface area contributed by atoms with Crippen LogP contribution in [-0.4, -0.2) is 37.3 Å². The Hall–Kier alpha value is -3.28. The molecule has 29 heavy (non-hydrogen) atoms. The van der Waals surface area contributed by atoms with Crippen LogP contribution in [0.15, 0.2) is 54.7 Å². The van der Waals surface area contributed by atoms with Gasteiger partial charge < -0.3 is 20.3 Å². The number of fused-ring (bicyclic) bond motifs is 1. The predicted molar refractivity (Wildman–Crippen MR) is 119 cm³/mol. The van der Waals surface area contributed by atoms with Gasteiger partial charge in [-0.3, -0.25) is 4.98 Å². The van der Waals surface area contributed by atoms with Crippen LogP contribution in [0.25, 0.3) is 10.9 Å². The average molecular weight is 393 g/mol. The summed E-state index contributed by atoms with van der Waals surface area (Å²) in [6, 6.07) is 15.5. The van der Waals surface area contributed by atoms with E-state index in [0.717, 1.165) is 40.9 Å². The highest BCUT2D eigenvalue weighted by atomic mass is 16.5. The first kappa shape index (κ1) is 20.5. The van der Waals surface area contributed by atoms with Crippen molar-refractivity contribution in [2.75, 3.05) is 36.5 Å². The van der Waals surface area contributed by atoms with E-state index in [2.05, 4.69) is 40.4 Å². The summed E-state index contributed by atoms with van der Waals surface area (Å²) in [5.41, 5.74) is 3.82. The van der Waals surface area contributed by atoms with Crippen molar-refractivity contribution >= 4 is 28.3 Å². The summed E-state index contributed by atoms with van der Waals surface area (Å²) in [6.07, 6.45) is 1.74. The smallest absolute Gasteiger partial charge is 0.319 e. The molecule has 0 saturated heterocycles. The van der Waals surface area contributed by atoms with E-state index < -0.39 is 0 Å². The topological polar surface area (TPSA) is 66.5 Å². The number of hydrogen-bond acceptors (Lipinski definition) is 4. The van der Waals surface area contributed by atoms with Crippen molar-refractivity contribution < 1.29 is 9.53 Å². The largest absolute Gasteiger partial charge is 0.489 e. The van der Waals surface area contributed by atoms with Gasteiger partial charge in [-0.25, -0.2) is 4.79 Å². The normalized spacial score (nSPS) is 10.6. The third-order valence-electron chi connectivity index (χ3n) is 4.83. The van der Waals surface area contributed by atoms with Gasteiger partial charge in [-0.2, -0.15) is 0 Å². The summed E-state index contributed by atoms with van der Waals surface area (Å²) < 4.78 is 5.80. The Balaban J connectivity index is 1.50. The van der Waals surface area contributed by atoms with Crippen LogP contribution in [0.5, 0.6) is 5.75 Å². The van der Waals surface area contributed by atoms with E-state index in [1.54, 1.807) is 6.20 Å². The molecule has 0 aliphatic carbocycles. The Morgan fingerprint density at radius 1 is 1.10 bits per heavy atom. The molecule has 152 valence electrons. The second kappa shape index (κ2) is 9.78. The van der Waals surface area contributed by atoms with Crippen molar-refractivity contribution in [1.82, 2.24) is 10.3 Å². The van der Waals surface area contributed by atoms with Gasteiger partial charge in [-0.1, -0.05) is 18.2 Å². The first-order valence-corrected chi connectivity index (χ1v) is 9.99. The highest BCUT2D eigenvalue weighted by molar-refractivity contribution is 5.90. The summed E-state index contributed by atoms with van der Waals surface area (Å²) in [5, 5.41) is 6.76. The fourth-order valence-corrected chi connectivity index (χ4v) is 3.26. The summed E-state index contributed by atoms with van der Waals surface area (Å²) in [5.74, 6) is 0.716. The molecule has 0 atom stereocenters. The van der Waals surface area contributed by atoms with Crippen LogP contribution < -0.4 is 20.3 Å². The SMILES string of the molecule is CCN(CC)c1ccc(NC(=O)NCCOc2cccc3cccnc23)c(C)c1. The van der Waals surface area contributed by atoms with Gasteiger partial charge in [-0.15, -0.1) is 0 Å². The van der Waals surface area contributed by atoms with Crippen LogP contribution in [0.2, 0.25) is 0 Å². The summed E-state index contributed by atoms with van der Waals surface area (Å²) in [6.45, 7) is 8.93. The van der Waals surface area contributed by atoms with E-state index in [9.17, 15) is 4.79 Å². The zero-order chi connectivity index (χ0) is 20.6. The Bertz CT molecular complexity index is 965. The van der Waals surface area contributed by atoms with Gasteiger partial charge in [0, 0.05) is 36.0 Å². The number of rotatable bonds is 8. The summed E-state index contributed by atoms with van der Waals surface area (Å²) in [7, 11) is 0. The monoisotopic (exact) mass is 392 g/mol. The van der Waals surface area contributed by atoms with Crippen LogP contribution in [0.4, 0.5) is 16.2 Å². The number of amides is 2. The van der Waals surface area contributed by atoms with E-state index >= 15 is 0 Å². The number of urea groups is 1. The molecule has 6 heteroatoms. The fraction of sp³-hybridized carbons (Fsp3) is 0.304. The zero-order valence-electron chi connectivity index (χ0n) is 17.2. The second-order valence-corrected chi connectivity index (χ2v) is 6.73. The van der Waals surface area contributed by atoms with Gasteiger partial charge >= 0.3 is 6.03 Å². The number of pyridine rings is 1. The maximum atomic E-state index is 12.2. The number of hydrogen-bond donors (Lipinski definition) is 2. The van der Waals surface area contributed by atoms with Crippen LogP contribution >= 0.6 is 0 Å². The molecule has 2 amide bonds. The van der Waals surface area contributed by atoms with Crippen LogP contribution in [0, 0.1) is 6.92 Å². The second-order valence-electron chi connectivity index (χ2n) is 6.73. The highest BCUT2D eigenvalue weighted by Crippen LogP contribution is 2.23. The first-order chi connectivity index (χ1) is 14.1. The van der Waals surface area contributed by atoms with E-state index in [1.807, 2.05) is 49.4 Å². The minimum atomic E-state index is -0.247. The third-order valence-corrected chi connectivity index (χ3v) is 4.83. The van der Waals surface area contributed by atoms with Crippen molar-refractivity contribution in [3.63, 3.8) is 0 Å². The molecule has 2 N–H and O–H groups in total. The molecule has 0 aliphatic heterocycles. The van der Waals surface area contributed by atoms with Gasteiger partial charge in [0.25, 0.3) is 0 Å².